The fourth-order valence-electron chi connectivity index (χ4n) is 4.16. The maximum absolute atomic E-state index is 12.7. The summed E-state index contributed by atoms with van der Waals surface area (Å²) in [5.41, 5.74) is 5.28. The molecule has 0 heterocycles. The van der Waals surface area contributed by atoms with E-state index in [2.05, 4.69) is 0 Å². The van der Waals surface area contributed by atoms with Crippen LogP contribution in [0.3, 0.4) is 0 Å². The number of aryl methyl sites for hydroxylation is 1. The van der Waals surface area contributed by atoms with Gasteiger partial charge in [-0.15, -0.1) is 0 Å². The van der Waals surface area contributed by atoms with Crippen LogP contribution >= 0.6 is 0 Å². The molecule has 0 amide bonds. The molecule has 0 unspecified atom stereocenters. The van der Waals surface area contributed by atoms with Crippen LogP contribution in [-0.4, -0.2) is 24.2 Å². The molecule has 198 valence electrons. The van der Waals surface area contributed by atoms with E-state index in [9.17, 15) is 14.7 Å². The molecule has 5 rings (SSSR count). The van der Waals surface area contributed by atoms with E-state index in [1.165, 1.54) is 0 Å². The lowest BCUT2D eigenvalue weighted by Gasteiger charge is -2.11. The van der Waals surface area contributed by atoms with Crippen LogP contribution in [0, 0.1) is 6.92 Å². The van der Waals surface area contributed by atoms with Gasteiger partial charge in [-0.3, -0.25) is 0 Å². The molecular formula is C34H26O6. The molecule has 6 heteroatoms. The summed E-state index contributed by atoms with van der Waals surface area (Å²) in [4.78, 5) is 25.4. The van der Waals surface area contributed by atoms with Crippen molar-refractivity contribution in [2.45, 2.75) is 6.92 Å². The first-order chi connectivity index (χ1) is 19.4. The van der Waals surface area contributed by atoms with Crippen molar-refractivity contribution in [2.24, 2.45) is 0 Å². The standard InChI is InChI=1S/C34H26O6/c1-22-21-31(39-33(36)27-7-3-24(4-8-27)26-13-17-30(38-2)18-14-26)19-20-32(22)40-34(37)28-9-5-23(6-10-28)25-11-15-29(35)16-12-25/h3-21,35H,1-2H3. The number of ether oxygens (including phenoxy) is 3. The maximum Gasteiger partial charge on any atom is 0.343 e. The Morgan fingerprint density at radius 2 is 0.975 bits per heavy atom. The first kappa shape index (κ1) is 26.3. The molecular weight excluding hydrogens is 504 g/mol. The van der Waals surface area contributed by atoms with Gasteiger partial charge in [0, 0.05) is 0 Å². The van der Waals surface area contributed by atoms with Crippen LogP contribution in [0.5, 0.6) is 23.0 Å². The molecule has 0 saturated carbocycles. The summed E-state index contributed by atoms with van der Waals surface area (Å²) in [7, 11) is 1.62. The fraction of sp³-hybridized carbons (Fsp3) is 0.0588. The van der Waals surface area contributed by atoms with E-state index in [1.807, 2.05) is 48.5 Å². The number of phenolic OH excluding ortho intramolecular Hbond substituents is 1. The predicted molar refractivity (Wildman–Crippen MR) is 153 cm³/mol. The van der Waals surface area contributed by atoms with Gasteiger partial charge in [-0.2, -0.15) is 0 Å². The first-order valence-electron chi connectivity index (χ1n) is 12.6. The van der Waals surface area contributed by atoms with Gasteiger partial charge in [0.15, 0.2) is 0 Å². The lowest BCUT2D eigenvalue weighted by Crippen LogP contribution is -2.10. The molecule has 0 fully saturated rings. The van der Waals surface area contributed by atoms with Gasteiger partial charge in [0.25, 0.3) is 0 Å². The molecule has 40 heavy (non-hydrogen) atoms. The largest absolute Gasteiger partial charge is 0.508 e. The zero-order valence-corrected chi connectivity index (χ0v) is 22.0. The summed E-state index contributed by atoms with van der Waals surface area (Å²) in [5, 5.41) is 9.46. The van der Waals surface area contributed by atoms with E-state index >= 15 is 0 Å². The quantitative estimate of drug-likeness (QED) is 0.174. The average molecular weight is 531 g/mol. The van der Waals surface area contributed by atoms with Crippen molar-refractivity contribution < 1.29 is 28.9 Å². The Hall–Kier alpha value is -5.36. The minimum Gasteiger partial charge on any atom is -0.508 e. The highest BCUT2D eigenvalue weighted by atomic mass is 16.5. The smallest absolute Gasteiger partial charge is 0.343 e. The van der Waals surface area contributed by atoms with E-state index in [1.54, 1.807) is 80.8 Å². The van der Waals surface area contributed by atoms with Crippen molar-refractivity contribution in [2.75, 3.05) is 7.11 Å². The minimum atomic E-state index is -0.498. The number of carbonyl (C=O) groups is 2. The second kappa shape index (κ2) is 11.6. The summed E-state index contributed by atoms with van der Waals surface area (Å²) in [6.45, 7) is 1.78. The molecule has 0 bridgehead atoms. The number of carbonyl (C=O) groups excluding carboxylic acids is 2. The Morgan fingerprint density at radius 3 is 1.45 bits per heavy atom. The Kier molecular flexibility index (Phi) is 7.60. The molecule has 0 aliphatic carbocycles. The van der Waals surface area contributed by atoms with Crippen LogP contribution in [0.4, 0.5) is 0 Å². The Morgan fingerprint density at radius 1 is 0.550 bits per heavy atom. The van der Waals surface area contributed by atoms with Crippen molar-refractivity contribution in [3.63, 3.8) is 0 Å². The van der Waals surface area contributed by atoms with Gasteiger partial charge in [0.2, 0.25) is 0 Å². The Labute approximate surface area is 232 Å². The molecule has 0 aliphatic heterocycles. The van der Waals surface area contributed by atoms with Crippen LogP contribution in [0.2, 0.25) is 0 Å². The average Bonchev–Trinajstić information content (AvgIpc) is 2.99. The number of hydrogen-bond acceptors (Lipinski definition) is 6. The van der Waals surface area contributed by atoms with Crippen LogP contribution in [0.25, 0.3) is 22.3 Å². The minimum absolute atomic E-state index is 0.194. The normalized spacial score (nSPS) is 10.6. The van der Waals surface area contributed by atoms with Gasteiger partial charge in [-0.05, 0) is 101 Å². The topological polar surface area (TPSA) is 82.1 Å². The van der Waals surface area contributed by atoms with E-state index in [4.69, 9.17) is 14.2 Å². The van der Waals surface area contributed by atoms with Gasteiger partial charge < -0.3 is 19.3 Å². The van der Waals surface area contributed by atoms with Crippen LogP contribution in [-0.2, 0) is 0 Å². The number of methoxy groups -OCH3 is 1. The summed E-state index contributed by atoms with van der Waals surface area (Å²) in [6.07, 6.45) is 0. The van der Waals surface area contributed by atoms with Crippen LogP contribution < -0.4 is 14.2 Å². The molecule has 5 aromatic carbocycles. The van der Waals surface area contributed by atoms with Crippen LogP contribution in [0.15, 0.2) is 115 Å². The summed E-state index contributed by atoms with van der Waals surface area (Å²) < 4.78 is 16.3. The highest BCUT2D eigenvalue weighted by Crippen LogP contribution is 2.27. The number of benzene rings is 5. The SMILES string of the molecule is COc1ccc(-c2ccc(C(=O)Oc3ccc(OC(=O)c4ccc(-c5ccc(O)cc5)cc4)c(C)c3)cc2)cc1. The third kappa shape index (κ3) is 6.03. The third-order valence-electron chi connectivity index (χ3n) is 6.42. The molecule has 5 aromatic rings. The highest BCUT2D eigenvalue weighted by molar-refractivity contribution is 5.93. The summed E-state index contributed by atoms with van der Waals surface area (Å²) in [6, 6.07) is 33.6. The molecule has 0 saturated heterocycles. The maximum atomic E-state index is 12.7. The highest BCUT2D eigenvalue weighted by Gasteiger charge is 2.14. The van der Waals surface area contributed by atoms with Crippen molar-refractivity contribution in [1.29, 1.82) is 0 Å². The molecule has 0 radical (unpaired) electrons. The molecule has 6 nitrogen and oxygen atoms in total. The monoisotopic (exact) mass is 530 g/mol. The molecule has 0 spiro atoms. The number of esters is 2. The van der Waals surface area contributed by atoms with E-state index < -0.39 is 11.9 Å². The number of rotatable bonds is 7. The van der Waals surface area contributed by atoms with Crippen molar-refractivity contribution in [3.05, 3.63) is 132 Å². The van der Waals surface area contributed by atoms with E-state index in [0.29, 0.717) is 28.2 Å². The van der Waals surface area contributed by atoms with Gasteiger partial charge in [-0.1, -0.05) is 48.5 Å². The van der Waals surface area contributed by atoms with Crippen LogP contribution in [0.1, 0.15) is 26.3 Å². The Bertz CT molecular complexity index is 1640. The summed E-state index contributed by atoms with van der Waals surface area (Å²) >= 11 is 0. The zero-order chi connectivity index (χ0) is 28.1. The fourth-order valence-corrected chi connectivity index (χ4v) is 4.16. The molecule has 0 aromatic heterocycles. The van der Waals surface area contributed by atoms with Gasteiger partial charge in [0.1, 0.15) is 23.0 Å². The third-order valence-corrected chi connectivity index (χ3v) is 6.42. The van der Waals surface area contributed by atoms with Gasteiger partial charge in [-0.25, -0.2) is 9.59 Å². The number of aromatic hydroxyl groups is 1. The lowest BCUT2D eigenvalue weighted by atomic mass is 10.0. The van der Waals surface area contributed by atoms with Gasteiger partial charge >= 0.3 is 11.9 Å². The Balaban J connectivity index is 1.21. The molecule has 1 N–H and O–H groups in total. The first-order valence-corrected chi connectivity index (χ1v) is 12.6. The van der Waals surface area contributed by atoms with Crippen molar-refractivity contribution >= 4 is 11.9 Å². The summed E-state index contributed by atoms with van der Waals surface area (Å²) in [5.74, 6) is 0.706. The van der Waals surface area contributed by atoms with Gasteiger partial charge in [0.05, 0.1) is 18.2 Å². The van der Waals surface area contributed by atoms with E-state index in [0.717, 1.165) is 28.0 Å². The number of phenols is 1. The lowest BCUT2D eigenvalue weighted by molar-refractivity contribution is 0.0718. The zero-order valence-electron chi connectivity index (χ0n) is 22.0. The predicted octanol–water partition coefficient (Wildman–Crippen LogP) is 7.48. The molecule has 0 atom stereocenters. The van der Waals surface area contributed by atoms with E-state index in [-0.39, 0.29) is 5.75 Å². The number of hydrogen-bond donors (Lipinski definition) is 1. The van der Waals surface area contributed by atoms with Crippen molar-refractivity contribution in [1.82, 2.24) is 0 Å². The second-order valence-electron chi connectivity index (χ2n) is 9.14. The second-order valence-corrected chi connectivity index (χ2v) is 9.14. The molecule has 0 aliphatic rings. The van der Waals surface area contributed by atoms with Crippen molar-refractivity contribution in [3.8, 4) is 45.3 Å².